The Bertz CT molecular complexity index is 642. The molecule has 0 atom stereocenters. The lowest BCUT2D eigenvalue weighted by molar-refractivity contribution is -0.122. The number of nitrogens with one attached hydrogen (secondary N) is 1. The fourth-order valence-corrected chi connectivity index (χ4v) is 2.40. The summed E-state index contributed by atoms with van der Waals surface area (Å²) >= 11 is 3.41. The van der Waals surface area contributed by atoms with E-state index in [1.54, 1.807) is 0 Å². The summed E-state index contributed by atoms with van der Waals surface area (Å²) < 4.78 is 2.82. The van der Waals surface area contributed by atoms with Crippen molar-refractivity contribution in [3.8, 4) is 0 Å². The Morgan fingerprint density at radius 1 is 1.45 bits per heavy atom. The lowest BCUT2D eigenvalue weighted by atomic mass is 10.1. The molecule has 0 bridgehead atoms. The smallest absolute Gasteiger partial charge is 0.222 e. The van der Waals surface area contributed by atoms with Gasteiger partial charge in [0.2, 0.25) is 11.9 Å². The number of nitrogens with zero attached hydrogens (tertiary/aromatic N) is 2. The third-order valence-corrected chi connectivity index (χ3v) is 3.31. The molecular formula is C14H19BrN4O. The fraction of sp³-hybridized carbons (Fsp3) is 0.429. The van der Waals surface area contributed by atoms with Crippen LogP contribution in [0.15, 0.2) is 22.7 Å². The van der Waals surface area contributed by atoms with E-state index in [0.717, 1.165) is 15.5 Å². The van der Waals surface area contributed by atoms with Gasteiger partial charge in [-0.2, -0.15) is 0 Å². The quantitative estimate of drug-likeness (QED) is 0.903. The van der Waals surface area contributed by atoms with Crippen LogP contribution in [0.1, 0.15) is 27.2 Å². The number of rotatable bonds is 3. The highest BCUT2D eigenvalue weighted by atomic mass is 79.9. The van der Waals surface area contributed by atoms with Crippen LogP contribution in [-0.4, -0.2) is 21.0 Å². The van der Waals surface area contributed by atoms with Crippen molar-refractivity contribution < 1.29 is 4.79 Å². The molecule has 0 saturated heterocycles. The van der Waals surface area contributed by atoms with Gasteiger partial charge < -0.3 is 15.6 Å². The average Bonchev–Trinajstić information content (AvgIpc) is 2.59. The van der Waals surface area contributed by atoms with E-state index in [9.17, 15) is 4.79 Å². The fourth-order valence-electron chi connectivity index (χ4n) is 2.05. The third-order valence-electron chi connectivity index (χ3n) is 2.82. The number of carbonyl (C=O) groups excluding carboxylic acids is 1. The topological polar surface area (TPSA) is 72.9 Å². The maximum Gasteiger partial charge on any atom is 0.222 e. The summed E-state index contributed by atoms with van der Waals surface area (Å²) in [6.07, 6.45) is 0.378. The number of fused-ring (bicyclic) bond motifs is 1. The first-order valence-electron chi connectivity index (χ1n) is 6.48. The molecule has 0 spiro atoms. The van der Waals surface area contributed by atoms with E-state index in [-0.39, 0.29) is 11.4 Å². The molecule has 5 nitrogen and oxygen atoms in total. The van der Waals surface area contributed by atoms with Gasteiger partial charge in [0.1, 0.15) is 0 Å². The van der Waals surface area contributed by atoms with Crippen molar-refractivity contribution in [2.75, 3.05) is 5.73 Å². The maximum atomic E-state index is 11.9. The predicted octanol–water partition coefficient (Wildman–Crippen LogP) is 2.69. The highest BCUT2D eigenvalue weighted by molar-refractivity contribution is 9.10. The number of aromatic nitrogens is 2. The molecule has 6 heteroatoms. The van der Waals surface area contributed by atoms with Crippen LogP contribution in [0.2, 0.25) is 0 Å². The molecule has 2 rings (SSSR count). The Kier molecular flexibility index (Phi) is 4.04. The number of nitrogens with two attached hydrogens (primary N) is 1. The summed E-state index contributed by atoms with van der Waals surface area (Å²) in [4.78, 5) is 16.2. The number of benzene rings is 1. The van der Waals surface area contributed by atoms with Gasteiger partial charge in [-0.1, -0.05) is 15.9 Å². The van der Waals surface area contributed by atoms with Crippen molar-refractivity contribution >= 4 is 38.8 Å². The van der Waals surface area contributed by atoms with Crippen LogP contribution in [-0.2, 0) is 11.3 Å². The predicted molar refractivity (Wildman–Crippen MR) is 84.4 cm³/mol. The molecule has 1 aromatic heterocycles. The molecule has 0 aliphatic carbocycles. The largest absolute Gasteiger partial charge is 0.369 e. The number of hydrogen-bond donors (Lipinski definition) is 2. The van der Waals surface area contributed by atoms with Crippen LogP contribution in [0.4, 0.5) is 5.95 Å². The van der Waals surface area contributed by atoms with Crippen LogP contribution in [0.5, 0.6) is 0 Å². The third kappa shape index (κ3) is 3.50. The van der Waals surface area contributed by atoms with Gasteiger partial charge in [-0.3, -0.25) is 4.79 Å². The van der Waals surface area contributed by atoms with Gasteiger partial charge in [-0.05, 0) is 39.0 Å². The number of imidazole rings is 1. The minimum absolute atomic E-state index is 0.0101. The van der Waals surface area contributed by atoms with E-state index in [2.05, 4.69) is 26.2 Å². The zero-order valence-electron chi connectivity index (χ0n) is 11.9. The van der Waals surface area contributed by atoms with Gasteiger partial charge in [0.15, 0.2) is 0 Å². The molecular weight excluding hydrogens is 320 g/mol. The van der Waals surface area contributed by atoms with Crippen LogP contribution < -0.4 is 11.1 Å². The summed E-state index contributed by atoms with van der Waals surface area (Å²) in [6.45, 7) is 6.40. The van der Waals surface area contributed by atoms with Gasteiger partial charge in [0, 0.05) is 23.0 Å². The second kappa shape index (κ2) is 5.44. The van der Waals surface area contributed by atoms with Crippen molar-refractivity contribution in [1.29, 1.82) is 0 Å². The summed E-state index contributed by atoms with van der Waals surface area (Å²) in [5.41, 5.74) is 7.47. The minimum atomic E-state index is -0.218. The number of anilines is 1. The molecule has 1 amide bonds. The molecule has 0 fully saturated rings. The normalized spacial score (nSPS) is 11.8. The number of aryl methyl sites for hydroxylation is 1. The molecule has 0 unspecified atom stereocenters. The van der Waals surface area contributed by atoms with Gasteiger partial charge in [-0.15, -0.1) is 0 Å². The lowest BCUT2D eigenvalue weighted by Gasteiger charge is -2.20. The molecule has 108 valence electrons. The number of nitrogen functional groups attached to an aromatic ring is 1. The first-order valence-corrected chi connectivity index (χ1v) is 7.28. The summed E-state index contributed by atoms with van der Waals surface area (Å²) in [5, 5.41) is 2.94. The van der Waals surface area contributed by atoms with Gasteiger partial charge in [-0.25, -0.2) is 4.98 Å². The number of halogens is 1. The Morgan fingerprint density at radius 3 is 2.80 bits per heavy atom. The van der Waals surface area contributed by atoms with Crippen molar-refractivity contribution in [2.45, 2.75) is 39.3 Å². The molecule has 2 aromatic rings. The molecule has 0 aliphatic rings. The zero-order chi connectivity index (χ0) is 14.9. The monoisotopic (exact) mass is 338 g/mol. The van der Waals surface area contributed by atoms with E-state index in [0.29, 0.717) is 18.9 Å². The Hall–Kier alpha value is -1.56. The first-order chi connectivity index (χ1) is 9.26. The molecule has 0 saturated carbocycles. The minimum Gasteiger partial charge on any atom is -0.369 e. The number of hydrogen-bond acceptors (Lipinski definition) is 3. The van der Waals surface area contributed by atoms with Gasteiger partial charge >= 0.3 is 0 Å². The van der Waals surface area contributed by atoms with E-state index in [4.69, 9.17) is 5.73 Å². The van der Waals surface area contributed by atoms with Crippen molar-refractivity contribution in [3.63, 3.8) is 0 Å². The lowest BCUT2D eigenvalue weighted by Crippen LogP contribution is -2.40. The summed E-state index contributed by atoms with van der Waals surface area (Å²) in [6, 6.07) is 5.80. The van der Waals surface area contributed by atoms with Crippen molar-refractivity contribution in [2.24, 2.45) is 0 Å². The standard InChI is InChI=1S/C14H19BrN4O/c1-14(2,3)18-12(20)6-7-19-11-5-4-9(15)8-10(11)17-13(19)16/h4-5,8H,6-7H2,1-3H3,(H2,16,17)(H,18,20). The molecule has 0 radical (unpaired) electrons. The Labute approximate surface area is 126 Å². The van der Waals surface area contributed by atoms with E-state index in [1.165, 1.54) is 0 Å². The van der Waals surface area contributed by atoms with Crippen LogP contribution >= 0.6 is 15.9 Å². The second-order valence-electron chi connectivity index (χ2n) is 5.80. The molecule has 1 heterocycles. The second-order valence-corrected chi connectivity index (χ2v) is 6.72. The first kappa shape index (κ1) is 14.8. The number of carbonyl (C=O) groups is 1. The molecule has 3 N–H and O–H groups in total. The highest BCUT2D eigenvalue weighted by Gasteiger charge is 2.15. The van der Waals surface area contributed by atoms with Crippen LogP contribution in [0.25, 0.3) is 11.0 Å². The van der Waals surface area contributed by atoms with Gasteiger partial charge in [0.05, 0.1) is 11.0 Å². The van der Waals surface area contributed by atoms with E-state index in [1.807, 2.05) is 43.5 Å². The highest BCUT2D eigenvalue weighted by Crippen LogP contribution is 2.22. The summed E-state index contributed by atoms with van der Waals surface area (Å²) in [5.74, 6) is 0.442. The van der Waals surface area contributed by atoms with Crippen LogP contribution in [0.3, 0.4) is 0 Å². The van der Waals surface area contributed by atoms with Crippen LogP contribution in [0, 0.1) is 0 Å². The zero-order valence-corrected chi connectivity index (χ0v) is 13.5. The SMILES string of the molecule is CC(C)(C)NC(=O)CCn1c(N)nc2cc(Br)ccc21. The molecule has 20 heavy (non-hydrogen) atoms. The molecule has 1 aromatic carbocycles. The molecule has 0 aliphatic heterocycles. The van der Waals surface area contributed by atoms with Crippen molar-refractivity contribution in [1.82, 2.24) is 14.9 Å². The summed E-state index contributed by atoms with van der Waals surface area (Å²) in [7, 11) is 0. The Morgan fingerprint density at radius 2 is 2.15 bits per heavy atom. The van der Waals surface area contributed by atoms with E-state index < -0.39 is 0 Å². The number of amides is 1. The van der Waals surface area contributed by atoms with Crippen molar-refractivity contribution in [3.05, 3.63) is 22.7 Å². The van der Waals surface area contributed by atoms with Gasteiger partial charge in [0.25, 0.3) is 0 Å². The van der Waals surface area contributed by atoms with E-state index >= 15 is 0 Å². The Balaban J connectivity index is 2.14. The maximum absolute atomic E-state index is 11.9. The average molecular weight is 339 g/mol.